The monoisotopic (exact) mass is 496 g/mol. The van der Waals surface area contributed by atoms with Gasteiger partial charge in [-0.15, -0.1) is 0 Å². The zero-order valence-electron chi connectivity index (χ0n) is 24.0. The second-order valence-corrected chi connectivity index (χ2v) is 14.8. The van der Waals surface area contributed by atoms with Crippen LogP contribution in [0.4, 0.5) is 0 Å². The molecule has 4 aliphatic carbocycles. The van der Waals surface area contributed by atoms with Crippen molar-refractivity contribution in [2.24, 2.45) is 40.9 Å². The van der Waals surface area contributed by atoms with Crippen LogP contribution in [0.1, 0.15) is 91.9 Å². The molecule has 2 saturated heterocycles. The summed E-state index contributed by atoms with van der Waals surface area (Å²) in [6.45, 7) is 13.5. The first-order valence-corrected chi connectivity index (χ1v) is 15.4. The van der Waals surface area contributed by atoms with Crippen molar-refractivity contribution in [2.75, 3.05) is 33.7 Å². The highest BCUT2D eigenvalue weighted by molar-refractivity contribution is 5.79. The van der Waals surface area contributed by atoms with E-state index in [1.54, 1.807) is 5.57 Å². The first kappa shape index (κ1) is 25.6. The molecule has 6 aliphatic rings. The third-order valence-electron chi connectivity index (χ3n) is 12.5. The number of hydrogen-bond donors (Lipinski definition) is 0. The van der Waals surface area contributed by atoms with Crippen LogP contribution >= 0.6 is 0 Å². The Balaban J connectivity index is 1.25. The number of carbonyl (C=O) groups is 1. The number of likely N-dealkylation sites (N-methyl/N-ethyl adjacent to an activating group) is 1. The highest BCUT2D eigenvalue weighted by Crippen LogP contribution is 2.65. The number of piperidine rings is 1. The lowest BCUT2D eigenvalue weighted by Crippen LogP contribution is -2.53. The number of fused-ring (bicyclic) bond motifs is 6. The molecule has 4 heteroatoms. The average molecular weight is 497 g/mol. The number of rotatable bonds is 3. The summed E-state index contributed by atoms with van der Waals surface area (Å²) < 4.78 is 7.26. The molecule has 0 amide bonds. The molecule has 202 valence electrons. The van der Waals surface area contributed by atoms with Gasteiger partial charge in [0.25, 0.3) is 0 Å². The van der Waals surface area contributed by atoms with Crippen LogP contribution in [0.15, 0.2) is 11.1 Å². The van der Waals surface area contributed by atoms with Crippen LogP contribution in [0, 0.1) is 40.9 Å². The molecule has 0 bridgehead atoms. The van der Waals surface area contributed by atoms with Crippen molar-refractivity contribution in [1.82, 2.24) is 9.80 Å². The van der Waals surface area contributed by atoms with Gasteiger partial charge in [0, 0.05) is 44.4 Å². The number of ether oxygens (including phenoxy) is 1. The maximum absolute atomic E-state index is 12.3. The maximum Gasteiger partial charge on any atom is 0.133 e. The molecule has 3 saturated carbocycles. The molecule has 4 nitrogen and oxygen atoms in total. The zero-order valence-corrected chi connectivity index (χ0v) is 24.0. The number of carbonyl (C=O) groups excluding carboxylic acids is 1. The third kappa shape index (κ3) is 3.99. The standard InChI is InChI=1S/C32H52N2O2/c1-20-15-29-30(34(19-20)14-13-33(5)6)22(3)32(36-29)12-10-25-26-8-7-23-16-24(35)9-11-31(23,4)28(26)17-27(25)21(2)18-32/h20,22-23,25-26,28-30H,7-19H2,1-6H3/t20-,22+,23?,25-,26-,28-,29+,30-,31-,32?/m0/s1. The van der Waals surface area contributed by atoms with E-state index in [0.717, 1.165) is 62.4 Å². The summed E-state index contributed by atoms with van der Waals surface area (Å²) in [5.41, 5.74) is 3.93. The average Bonchev–Trinajstić information content (AvgIpc) is 3.28. The van der Waals surface area contributed by atoms with E-state index >= 15 is 0 Å². The Morgan fingerprint density at radius 1 is 1.11 bits per heavy atom. The molecule has 2 heterocycles. The van der Waals surface area contributed by atoms with E-state index in [9.17, 15) is 4.79 Å². The number of likely N-dealkylation sites (tertiary alicyclic amines) is 1. The van der Waals surface area contributed by atoms with E-state index in [2.05, 4.69) is 51.6 Å². The largest absolute Gasteiger partial charge is 0.369 e. The number of hydrogen-bond acceptors (Lipinski definition) is 4. The van der Waals surface area contributed by atoms with Crippen LogP contribution < -0.4 is 0 Å². The first-order valence-electron chi connectivity index (χ1n) is 15.4. The highest BCUT2D eigenvalue weighted by atomic mass is 16.5. The topological polar surface area (TPSA) is 32.8 Å². The molecule has 36 heavy (non-hydrogen) atoms. The molecule has 2 aliphatic heterocycles. The minimum Gasteiger partial charge on any atom is -0.369 e. The Hall–Kier alpha value is -0.710. The fourth-order valence-corrected chi connectivity index (χ4v) is 10.6. The minimum absolute atomic E-state index is 0.0328. The smallest absolute Gasteiger partial charge is 0.133 e. The highest BCUT2D eigenvalue weighted by Gasteiger charge is 2.60. The Bertz CT molecular complexity index is 912. The lowest BCUT2D eigenvalue weighted by atomic mass is 9.52. The summed E-state index contributed by atoms with van der Waals surface area (Å²) in [5, 5.41) is 0. The quantitative estimate of drug-likeness (QED) is 0.452. The minimum atomic E-state index is 0.0328. The van der Waals surface area contributed by atoms with Crippen LogP contribution in [0.2, 0.25) is 0 Å². The van der Waals surface area contributed by atoms with Crippen LogP contribution in [0.5, 0.6) is 0 Å². The van der Waals surface area contributed by atoms with Gasteiger partial charge in [0.05, 0.1) is 11.7 Å². The molecule has 0 aromatic rings. The summed E-state index contributed by atoms with van der Waals surface area (Å²) in [6, 6.07) is 0.582. The van der Waals surface area contributed by atoms with Crippen LogP contribution in [0.25, 0.3) is 0 Å². The molecule has 1 spiro atoms. The SMILES string of the molecule is CC1=C2C[C@H]3[C@@H](CCC4CC(=O)CC[C@@]43C)[C@@H]2CCC2(C1)O[C@@H]1C[C@H](C)CN(CCN(C)C)[C@H]1[C@H]2C. The summed E-state index contributed by atoms with van der Waals surface area (Å²) in [4.78, 5) is 17.4. The molecule has 0 aromatic carbocycles. The van der Waals surface area contributed by atoms with E-state index in [4.69, 9.17) is 4.74 Å². The second-order valence-electron chi connectivity index (χ2n) is 14.8. The van der Waals surface area contributed by atoms with E-state index in [1.165, 1.54) is 45.1 Å². The van der Waals surface area contributed by atoms with Gasteiger partial charge < -0.3 is 9.64 Å². The molecule has 0 N–H and O–H groups in total. The number of Topliss-reactive ketones (excluding diaryl/α,β-unsaturated/α-hetero) is 1. The van der Waals surface area contributed by atoms with E-state index in [1.807, 2.05) is 5.57 Å². The van der Waals surface area contributed by atoms with Crippen molar-refractivity contribution in [3.8, 4) is 0 Å². The predicted octanol–water partition coefficient (Wildman–Crippen LogP) is 5.95. The zero-order chi connectivity index (χ0) is 25.4. The van der Waals surface area contributed by atoms with Crippen molar-refractivity contribution in [3.05, 3.63) is 11.1 Å². The predicted molar refractivity (Wildman–Crippen MR) is 146 cm³/mol. The fourth-order valence-electron chi connectivity index (χ4n) is 10.6. The first-order chi connectivity index (χ1) is 17.1. The van der Waals surface area contributed by atoms with Crippen molar-refractivity contribution in [3.63, 3.8) is 0 Å². The van der Waals surface area contributed by atoms with Crippen molar-refractivity contribution in [1.29, 1.82) is 0 Å². The Morgan fingerprint density at radius 3 is 2.69 bits per heavy atom. The molecular formula is C32H52N2O2. The van der Waals surface area contributed by atoms with E-state index in [0.29, 0.717) is 35.2 Å². The Morgan fingerprint density at radius 2 is 1.92 bits per heavy atom. The molecule has 5 fully saturated rings. The Labute approximate surface area is 220 Å². The van der Waals surface area contributed by atoms with Gasteiger partial charge in [0.1, 0.15) is 5.78 Å². The molecular weight excluding hydrogens is 444 g/mol. The molecule has 0 radical (unpaired) electrons. The lowest BCUT2D eigenvalue weighted by Gasteiger charge is -2.52. The fraction of sp³-hybridized carbons (Fsp3) is 0.906. The van der Waals surface area contributed by atoms with Crippen molar-refractivity contribution in [2.45, 2.75) is 110 Å². The summed E-state index contributed by atoms with van der Waals surface area (Å²) in [7, 11) is 4.40. The maximum atomic E-state index is 12.3. The molecule has 6 rings (SSSR count). The molecule has 0 aromatic heterocycles. The summed E-state index contributed by atoms with van der Waals surface area (Å²) in [6.07, 6.45) is 12.1. The van der Waals surface area contributed by atoms with Crippen LogP contribution in [-0.4, -0.2) is 67.1 Å². The molecule has 2 unspecified atom stereocenters. The third-order valence-corrected chi connectivity index (χ3v) is 12.5. The normalized spacial score (nSPS) is 49.1. The second kappa shape index (κ2) is 9.19. The number of nitrogens with zero attached hydrogens (tertiary/aromatic N) is 2. The van der Waals surface area contributed by atoms with Crippen LogP contribution in [0.3, 0.4) is 0 Å². The van der Waals surface area contributed by atoms with Gasteiger partial charge >= 0.3 is 0 Å². The van der Waals surface area contributed by atoms with Gasteiger partial charge in [0.15, 0.2) is 0 Å². The van der Waals surface area contributed by atoms with Crippen LogP contribution in [-0.2, 0) is 9.53 Å². The van der Waals surface area contributed by atoms with Crippen molar-refractivity contribution >= 4 is 5.78 Å². The van der Waals surface area contributed by atoms with Gasteiger partial charge in [0.2, 0.25) is 0 Å². The van der Waals surface area contributed by atoms with Gasteiger partial charge in [-0.05, 0) is 107 Å². The van der Waals surface area contributed by atoms with Gasteiger partial charge in [-0.2, -0.15) is 0 Å². The summed E-state index contributed by atoms with van der Waals surface area (Å²) in [5.74, 6) is 4.91. The molecule has 10 atom stereocenters. The summed E-state index contributed by atoms with van der Waals surface area (Å²) >= 11 is 0. The van der Waals surface area contributed by atoms with Gasteiger partial charge in [-0.25, -0.2) is 0 Å². The van der Waals surface area contributed by atoms with Gasteiger partial charge in [-0.3, -0.25) is 9.69 Å². The number of allylic oxidation sites excluding steroid dienone is 1. The van der Waals surface area contributed by atoms with Gasteiger partial charge in [-0.1, -0.05) is 31.9 Å². The lowest BCUT2D eigenvalue weighted by molar-refractivity contribution is -0.129. The van der Waals surface area contributed by atoms with E-state index < -0.39 is 0 Å². The van der Waals surface area contributed by atoms with Crippen molar-refractivity contribution < 1.29 is 9.53 Å². The Kier molecular flexibility index (Phi) is 6.53. The van der Waals surface area contributed by atoms with E-state index in [-0.39, 0.29) is 5.60 Å². The number of ketones is 1.